The molecule has 4 heteroatoms. The number of halogens is 2. The van der Waals surface area contributed by atoms with Gasteiger partial charge in [0, 0.05) is 27.9 Å². The SMILES string of the molecule is [2H]C([2H])([2H])c1c[n+](C)c(-c2c(C)ccc3c2oc2c(-c4ccc(C5([2H])CCC(C)(C)CC5)cc4)c(F)ccc23)cc1F. The maximum absolute atomic E-state index is 15.5. The first-order chi connectivity index (χ1) is 19.7. The van der Waals surface area contributed by atoms with E-state index in [0.29, 0.717) is 33.6 Å². The van der Waals surface area contributed by atoms with Crippen molar-refractivity contribution >= 4 is 21.9 Å². The van der Waals surface area contributed by atoms with E-state index in [2.05, 4.69) is 13.8 Å². The predicted molar refractivity (Wildman–Crippen MR) is 150 cm³/mol. The highest BCUT2D eigenvalue weighted by molar-refractivity contribution is 6.13. The van der Waals surface area contributed by atoms with E-state index in [0.717, 1.165) is 47.6 Å². The van der Waals surface area contributed by atoms with Gasteiger partial charge < -0.3 is 4.42 Å². The van der Waals surface area contributed by atoms with Crippen molar-refractivity contribution in [1.29, 1.82) is 0 Å². The Kier molecular flexibility index (Phi) is 4.86. The van der Waals surface area contributed by atoms with Gasteiger partial charge in [0.1, 0.15) is 29.8 Å². The summed E-state index contributed by atoms with van der Waals surface area (Å²) in [6.45, 7) is 3.79. The van der Waals surface area contributed by atoms with Crippen molar-refractivity contribution in [2.75, 3.05) is 0 Å². The number of hydrogen-bond donors (Lipinski definition) is 0. The smallest absolute Gasteiger partial charge is 0.219 e. The van der Waals surface area contributed by atoms with Crippen LogP contribution in [0.1, 0.15) is 67.6 Å². The molecule has 0 N–H and O–H groups in total. The van der Waals surface area contributed by atoms with Crippen molar-refractivity contribution in [1.82, 2.24) is 0 Å². The van der Waals surface area contributed by atoms with Gasteiger partial charge in [0.05, 0.1) is 11.1 Å². The summed E-state index contributed by atoms with van der Waals surface area (Å²) >= 11 is 0. The van der Waals surface area contributed by atoms with Gasteiger partial charge in [-0.3, -0.25) is 0 Å². The largest absolute Gasteiger partial charge is 0.454 e. The molecule has 1 fully saturated rings. The topological polar surface area (TPSA) is 17.0 Å². The molecular formula is C34H34F2NO+. The highest BCUT2D eigenvalue weighted by Gasteiger charge is 2.28. The second-order valence-corrected chi connectivity index (χ2v) is 11.4. The maximum Gasteiger partial charge on any atom is 0.219 e. The summed E-state index contributed by atoms with van der Waals surface area (Å²) < 4.78 is 70.7. The van der Waals surface area contributed by atoms with Gasteiger partial charge >= 0.3 is 0 Å². The Bertz CT molecular complexity index is 1840. The van der Waals surface area contributed by atoms with Crippen molar-refractivity contribution in [3.05, 3.63) is 89.1 Å². The molecule has 6 rings (SSSR count). The Morgan fingerprint density at radius 2 is 1.55 bits per heavy atom. The van der Waals surface area contributed by atoms with E-state index in [9.17, 15) is 0 Å². The second kappa shape index (κ2) is 9.04. The monoisotopic (exact) mass is 514 g/mol. The predicted octanol–water partition coefficient (Wildman–Crippen LogP) is 9.32. The standard InChI is InChI=1S/C34H34F2NO/c1-20-6-11-25-26-12-13-27(35)31(24-9-7-22(8-10-24)23-14-16-34(3,4)17-15-23)33(26)38-32(25)30(20)29-18-28(36)21(2)19-37(29)5/h6-13,18-19,23H,14-17H2,1-5H3/q+1/i2D3,23D. The van der Waals surface area contributed by atoms with E-state index in [-0.39, 0.29) is 11.0 Å². The van der Waals surface area contributed by atoms with Crippen molar-refractivity contribution in [3.63, 3.8) is 0 Å². The summed E-state index contributed by atoms with van der Waals surface area (Å²) in [4.78, 5) is 0. The zero-order valence-electron chi connectivity index (χ0n) is 26.2. The number of aryl methyl sites for hydroxylation is 3. The Morgan fingerprint density at radius 1 is 0.895 bits per heavy atom. The van der Waals surface area contributed by atoms with Crippen molar-refractivity contribution in [3.8, 4) is 22.4 Å². The zero-order chi connectivity index (χ0) is 30.2. The van der Waals surface area contributed by atoms with Crippen LogP contribution in [-0.4, -0.2) is 0 Å². The van der Waals surface area contributed by atoms with Gasteiger partial charge in [-0.1, -0.05) is 50.2 Å². The van der Waals surface area contributed by atoms with Gasteiger partial charge in [-0.25, -0.2) is 13.3 Å². The molecule has 0 amide bonds. The minimum absolute atomic E-state index is 0.252. The van der Waals surface area contributed by atoms with E-state index >= 15 is 8.78 Å². The zero-order valence-corrected chi connectivity index (χ0v) is 22.2. The van der Waals surface area contributed by atoms with E-state index < -0.39 is 24.4 Å². The third kappa shape index (κ3) is 4.11. The van der Waals surface area contributed by atoms with Gasteiger partial charge in [-0.05, 0) is 79.6 Å². The van der Waals surface area contributed by atoms with Gasteiger partial charge in [-0.2, -0.15) is 0 Å². The summed E-state index contributed by atoms with van der Waals surface area (Å²) in [5.41, 5.74) is 4.53. The quantitative estimate of drug-likeness (QED) is 0.219. The molecule has 0 spiro atoms. The fraction of sp³-hybridized carbons (Fsp3) is 0.324. The molecule has 2 heterocycles. The number of furan rings is 1. The van der Waals surface area contributed by atoms with Crippen LogP contribution in [0.25, 0.3) is 44.3 Å². The molecule has 2 nitrogen and oxygen atoms in total. The summed E-state index contributed by atoms with van der Waals surface area (Å²) in [6, 6.07) is 15.8. The van der Waals surface area contributed by atoms with E-state index in [1.807, 2.05) is 43.3 Å². The Hall–Kier alpha value is -3.53. The molecule has 0 atom stereocenters. The van der Waals surface area contributed by atoms with Crippen molar-refractivity contribution in [2.24, 2.45) is 12.5 Å². The van der Waals surface area contributed by atoms with Crippen LogP contribution in [0.3, 0.4) is 0 Å². The molecule has 1 saturated carbocycles. The fourth-order valence-corrected chi connectivity index (χ4v) is 5.83. The molecule has 0 radical (unpaired) electrons. The van der Waals surface area contributed by atoms with Crippen molar-refractivity contribution < 1.29 is 23.2 Å². The highest BCUT2D eigenvalue weighted by atomic mass is 19.1. The van der Waals surface area contributed by atoms with Crippen LogP contribution < -0.4 is 4.57 Å². The minimum atomic E-state index is -2.59. The second-order valence-electron chi connectivity index (χ2n) is 11.4. The van der Waals surface area contributed by atoms with E-state index in [4.69, 9.17) is 9.90 Å². The number of pyridine rings is 1. The lowest BCUT2D eigenvalue weighted by molar-refractivity contribution is -0.661. The molecule has 0 bridgehead atoms. The fourth-order valence-electron chi connectivity index (χ4n) is 5.83. The van der Waals surface area contributed by atoms with Crippen molar-refractivity contribution in [2.45, 2.75) is 59.2 Å². The molecule has 1 aliphatic rings. The van der Waals surface area contributed by atoms with Crippen LogP contribution >= 0.6 is 0 Å². The third-order valence-corrected chi connectivity index (χ3v) is 8.24. The molecule has 0 aliphatic heterocycles. The van der Waals surface area contributed by atoms with E-state index in [1.165, 1.54) is 18.3 Å². The number of nitrogens with zero attached hydrogens (tertiary/aromatic N) is 1. The van der Waals surface area contributed by atoms with Gasteiger partial charge in [0.15, 0.2) is 6.20 Å². The normalized spacial score (nSPS) is 18.7. The third-order valence-electron chi connectivity index (χ3n) is 8.24. The number of benzene rings is 3. The molecule has 194 valence electrons. The van der Waals surface area contributed by atoms with Gasteiger partial charge in [-0.15, -0.1) is 0 Å². The molecule has 38 heavy (non-hydrogen) atoms. The first-order valence-corrected chi connectivity index (χ1v) is 13.1. The number of aromatic nitrogens is 1. The van der Waals surface area contributed by atoms with Crippen LogP contribution in [0.2, 0.25) is 0 Å². The number of rotatable bonds is 3. The molecule has 5 aromatic rings. The molecule has 1 aliphatic carbocycles. The molecule has 3 aromatic carbocycles. The lowest BCUT2D eigenvalue weighted by atomic mass is 9.71. The Morgan fingerprint density at radius 3 is 2.24 bits per heavy atom. The number of fused-ring (bicyclic) bond motifs is 3. The highest BCUT2D eigenvalue weighted by Crippen LogP contribution is 2.44. The lowest BCUT2D eigenvalue weighted by Crippen LogP contribution is -2.31. The van der Waals surface area contributed by atoms with Gasteiger partial charge in [0.25, 0.3) is 0 Å². The first-order valence-electron chi connectivity index (χ1n) is 15.1. The van der Waals surface area contributed by atoms with Crippen LogP contribution in [0.5, 0.6) is 0 Å². The first kappa shape index (κ1) is 20.4. The summed E-state index contributed by atoms with van der Waals surface area (Å²) in [5, 5.41) is 1.47. The number of hydrogen-bond acceptors (Lipinski definition) is 1. The summed E-state index contributed by atoms with van der Waals surface area (Å²) in [7, 11) is 1.67. The lowest BCUT2D eigenvalue weighted by Gasteiger charge is -2.34. The van der Waals surface area contributed by atoms with Crippen LogP contribution in [-0.2, 0) is 7.05 Å². The molecule has 2 aromatic heterocycles. The van der Waals surface area contributed by atoms with Crippen LogP contribution in [0.15, 0.2) is 65.2 Å². The van der Waals surface area contributed by atoms with Crippen LogP contribution in [0, 0.1) is 30.8 Å². The average molecular weight is 515 g/mol. The maximum atomic E-state index is 15.5. The summed E-state index contributed by atoms with van der Waals surface area (Å²) in [6.07, 6.45) is 4.86. The molecular weight excluding hydrogens is 476 g/mol. The minimum Gasteiger partial charge on any atom is -0.454 e. The molecule has 0 saturated heterocycles. The van der Waals surface area contributed by atoms with E-state index in [1.54, 1.807) is 17.7 Å². The van der Waals surface area contributed by atoms with Gasteiger partial charge in [0.2, 0.25) is 5.69 Å². The Labute approximate surface area is 228 Å². The van der Waals surface area contributed by atoms with Crippen LogP contribution in [0.4, 0.5) is 8.78 Å². The summed E-state index contributed by atoms with van der Waals surface area (Å²) in [5.74, 6) is -1.90. The molecule has 0 unspecified atom stereocenters. The average Bonchev–Trinajstić information content (AvgIpc) is 3.29. The Balaban J connectivity index is 1.49.